The molecule has 5 heteroatoms. The second kappa shape index (κ2) is 9.28. The first-order valence-electron chi connectivity index (χ1n) is 8.56. The molecular formula is C20H25F2N2O+. The Morgan fingerprint density at radius 3 is 2.40 bits per heavy atom. The molecule has 2 rings (SSSR count). The lowest BCUT2D eigenvalue weighted by Crippen LogP contribution is -2.88. The Labute approximate surface area is 147 Å². The van der Waals surface area contributed by atoms with Crippen molar-refractivity contribution in [2.24, 2.45) is 5.92 Å². The average molecular weight is 347 g/mol. The Bertz CT molecular complexity index is 686. The summed E-state index contributed by atoms with van der Waals surface area (Å²) < 4.78 is 26.6. The van der Waals surface area contributed by atoms with E-state index < -0.39 is 0 Å². The van der Waals surface area contributed by atoms with Gasteiger partial charge in [-0.2, -0.15) is 0 Å². The maximum atomic E-state index is 13.5. The molecule has 3 nitrogen and oxygen atoms in total. The molecule has 0 aliphatic heterocycles. The molecular weight excluding hydrogens is 322 g/mol. The fourth-order valence-electron chi connectivity index (χ4n) is 2.82. The lowest BCUT2D eigenvalue weighted by Gasteiger charge is -2.19. The summed E-state index contributed by atoms with van der Waals surface area (Å²) in [5, 5.41) is 4.77. The van der Waals surface area contributed by atoms with Crippen LogP contribution in [0.25, 0.3) is 0 Å². The molecule has 25 heavy (non-hydrogen) atoms. The molecule has 0 bridgehead atoms. The van der Waals surface area contributed by atoms with Crippen LogP contribution < -0.4 is 10.6 Å². The monoisotopic (exact) mass is 347 g/mol. The lowest BCUT2D eigenvalue weighted by atomic mass is 9.96. The van der Waals surface area contributed by atoms with Crippen molar-refractivity contribution in [3.05, 3.63) is 71.3 Å². The van der Waals surface area contributed by atoms with Gasteiger partial charge in [-0.3, -0.25) is 4.79 Å². The van der Waals surface area contributed by atoms with Crippen molar-refractivity contribution in [3.63, 3.8) is 0 Å². The van der Waals surface area contributed by atoms with Crippen LogP contribution in [0, 0.1) is 17.6 Å². The highest BCUT2D eigenvalue weighted by molar-refractivity contribution is 5.76. The molecule has 2 aromatic rings. The van der Waals surface area contributed by atoms with Crippen molar-refractivity contribution < 1.29 is 18.9 Å². The summed E-state index contributed by atoms with van der Waals surface area (Å²) in [6.07, 6.45) is 0.462. The Morgan fingerprint density at radius 2 is 1.76 bits per heavy atom. The molecule has 0 spiro atoms. The molecule has 1 amide bonds. The van der Waals surface area contributed by atoms with E-state index in [0.717, 1.165) is 5.56 Å². The van der Waals surface area contributed by atoms with Gasteiger partial charge in [0.25, 0.3) is 5.91 Å². The summed E-state index contributed by atoms with van der Waals surface area (Å²) in [6, 6.07) is 13.0. The number of amides is 1. The molecule has 0 aliphatic carbocycles. The van der Waals surface area contributed by atoms with Crippen LogP contribution >= 0.6 is 0 Å². The van der Waals surface area contributed by atoms with Crippen LogP contribution in [0.5, 0.6) is 0 Å². The molecule has 0 fully saturated rings. The number of hydrogen-bond acceptors (Lipinski definition) is 1. The van der Waals surface area contributed by atoms with Gasteiger partial charge in [0.05, 0.1) is 0 Å². The van der Waals surface area contributed by atoms with Crippen LogP contribution in [0.2, 0.25) is 0 Å². The molecule has 3 N–H and O–H groups in total. The van der Waals surface area contributed by atoms with Gasteiger partial charge < -0.3 is 10.6 Å². The summed E-state index contributed by atoms with van der Waals surface area (Å²) in [5.41, 5.74) is 1.59. The van der Waals surface area contributed by atoms with Crippen molar-refractivity contribution >= 4 is 5.91 Å². The van der Waals surface area contributed by atoms with Crippen LogP contribution in [0.4, 0.5) is 8.78 Å². The fraction of sp³-hybridized carbons (Fsp3) is 0.350. The summed E-state index contributed by atoms with van der Waals surface area (Å²) in [7, 11) is 0. The standard InChI is InChI=1S/C20H24F2N2O/c1-14(2)20(16-7-9-17(21)10-8-16)24-13-19(25)23-12-11-15-5-3-4-6-18(15)22/h3-10,14,20,24H,11-13H2,1-2H3,(H,23,25)/p+1/t20-/m1/s1. The quantitative estimate of drug-likeness (QED) is 0.757. The molecule has 1 atom stereocenters. The van der Waals surface area contributed by atoms with Gasteiger partial charge >= 0.3 is 0 Å². The van der Waals surface area contributed by atoms with Gasteiger partial charge in [0.1, 0.15) is 17.7 Å². The highest BCUT2D eigenvalue weighted by Crippen LogP contribution is 2.17. The second-order valence-electron chi connectivity index (χ2n) is 6.45. The molecule has 0 saturated carbocycles. The molecule has 2 aromatic carbocycles. The Hall–Kier alpha value is -2.27. The van der Waals surface area contributed by atoms with Crippen LogP contribution in [0.1, 0.15) is 31.0 Å². The normalized spacial score (nSPS) is 12.2. The van der Waals surface area contributed by atoms with E-state index in [9.17, 15) is 13.6 Å². The molecule has 0 aromatic heterocycles. The third-order valence-electron chi connectivity index (χ3n) is 4.20. The van der Waals surface area contributed by atoms with E-state index in [2.05, 4.69) is 19.2 Å². The van der Waals surface area contributed by atoms with Crippen LogP contribution in [-0.4, -0.2) is 19.0 Å². The molecule has 134 valence electrons. The van der Waals surface area contributed by atoms with Gasteiger partial charge in [-0.25, -0.2) is 8.78 Å². The van der Waals surface area contributed by atoms with Crippen LogP contribution in [0.3, 0.4) is 0 Å². The molecule has 0 radical (unpaired) electrons. The Morgan fingerprint density at radius 1 is 1.08 bits per heavy atom. The number of nitrogens with one attached hydrogen (secondary N) is 1. The van der Waals surface area contributed by atoms with Crippen LogP contribution in [-0.2, 0) is 11.2 Å². The summed E-state index contributed by atoms with van der Waals surface area (Å²) >= 11 is 0. The van der Waals surface area contributed by atoms with E-state index in [1.165, 1.54) is 18.2 Å². The van der Waals surface area contributed by atoms with E-state index in [-0.39, 0.29) is 30.1 Å². The third kappa shape index (κ3) is 5.94. The first kappa shape index (κ1) is 19.1. The maximum Gasteiger partial charge on any atom is 0.275 e. The topological polar surface area (TPSA) is 45.7 Å². The first-order chi connectivity index (χ1) is 12.0. The number of hydrogen-bond donors (Lipinski definition) is 2. The minimum atomic E-state index is -0.267. The van der Waals surface area contributed by atoms with Crippen molar-refractivity contribution in [2.45, 2.75) is 26.3 Å². The van der Waals surface area contributed by atoms with Crippen molar-refractivity contribution in [1.82, 2.24) is 5.32 Å². The fourth-order valence-corrected chi connectivity index (χ4v) is 2.82. The second-order valence-corrected chi connectivity index (χ2v) is 6.45. The molecule has 0 heterocycles. The zero-order valence-corrected chi connectivity index (χ0v) is 14.6. The van der Waals surface area contributed by atoms with E-state index in [4.69, 9.17) is 0 Å². The zero-order chi connectivity index (χ0) is 18.2. The maximum absolute atomic E-state index is 13.5. The summed E-state index contributed by atoms with van der Waals surface area (Å²) in [6.45, 7) is 4.81. The minimum absolute atomic E-state index is 0.0814. The van der Waals surface area contributed by atoms with Gasteiger partial charge in [0.15, 0.2) is 6.54 Å². The predicted molar refractivity (Wildman–Crippen MR) is 93.9 cm³/mol. The van der Waals surface area contributed by atoms with Crippen molar-refractivity contribution in [3.8, 4) is 0 Å². The third-order valence-corrected chi connectivity index (χ3v) is 4.20. The number of benzene rings is 2. The average Bonchev–Trinajstić information content (AvgIpc) is 2.58. The number of halogens is 2. The van der Waals surface area contributed by atoms with Gasteiger partial charge in [-0.1, -0.05) is 44.2 Å². The lowest BCUT2D eigenvalue weighted by molar-refractivity contribution is -0.692. The highest BCUT2D eigenvalue weighted by atomic mass is 19.1. The highest BCUT2D eigenvalue weighted by Gasteiger charge is 2.20. The number of quaternary nitrogens is 1. The zero-order valence-electron chi connectivity index (χ0n) is 14.6. The minimum Gasteiger partial charge on any atom is -0.351 e. The number of carbonyl (C=O) groups is 1. The SMILES string of the molecule is CC(C)[C@@H]([NH2+]CC(=O)NCCc1ccccc1F)c1ccc(F)cc1. The molecule has 0 saturated heterocycles. The number of carbonyl (C=O) groups excluding carboxylic acids is 1. The Balaban J connectivity index is 1.81. The molecule has 0 aliphatic rings. The van der Waals surface area contributed by atoms with E-state index >= 15 is 0 Å². The smallest absolute Gasteiger partial charge is 0.275 e. The molecule has 0 unspecified atom stereocenters. The largest absolute Gasteiger partial charge is 0.351 e. The Kier molecular flexibility index (Phi) is 7.07. The number of nitrogens with two attached hydrogens (primary N) is 1. The van der Waals surface area contributed by atoms with Gasteiger partial charge in [-0.15, -0.1) is 0 Å². The first-order valence-corrected chi connectivity index (χ1v) is 8.56. The van der Waals surface area contributed by atoms with Crippen molar-refractivity contribution in [2.75, 3.05) is 13.1 Å². The van der Waals surface area contributed by atoms with Crippen molar-refractivity contribution in [1.29, 1.82) is 0 Å². The van der Waals surface area contributed by atoms with E-state index in [0.29, 0.717) is 24.4 Å². The predicted octanol–water partition coefficient (Wildman–Crippen LogP) is 2.58. The van der Waals surface area contributed by atoms with E-state index in [1.54, 1.807) is 30.3 Å². The van der Waals surface area contributed by atoms with Gasteiger partial charge in [-0.05, 0) is 30.2 Å². The summed E-state index contributed by atoms with van der Waals surface area (Å²) in [5.74, 6) is -0.308. The summed E-state index contributed by atoms with van der Waals surface area (Å²) in [4.78, 5) is 12.0. The van der Waals surface area contributed by atoms with Gasteiger partial charge in [0.2, 0.25) is 0 Å². The number of rotatable bonds is 8. The van der Waals surface area contributed by atoms with E-state index in [1.807, 2.05) is 5.32 Å². The van der Waals surface area contributed by atoms with Crippen LogP contribution in [0.15, 0.2) is 48.5 Å². The van der Waals surface area contributed by atoms with Gasteiger partial charge in [0, 0.05) is 18.0 Å².